The Morgan fingerprint density at radius 1 is 1.36 bits per heavy atom. The van der Waals surface area contributed by atoms with Crippen molar-refractivity contribution in [3.05, 3.63) is 23.8 Å². The number of piperidine rings is 1. The quantitative estimate of drug-likeness (QED) is 0.685. The van der Waals surface area contributed by atoms with Crippen LogP contribution < -0.4 is 9.47 Å². The molecule has 158 valence electrons. The average molecular weight is 394 g/mol. The highest BCUT2D eigenvalue weighted by Crippen LogP contribution is 2.34. The van der Waals surface area contributed by atoms with Gasteiger partial charge in [0, 0.05) is 18.7 Å². The number of β-amino-alcohol motifs (C(OH)–C–C–N with tert-alkyl or cyclic N) is 1. The Morgan fingerprint density at radius 2 is 2.11 bits per heavy atom. The van der Waals surface area contributed by atoms with E-state index < -0.39 is 6.10 Å². The normalized spacial score (nSPS) is 19.1. The first-order chi connectivity index (χ1) is 13.2. The molecule has 0 radical (unpaired) electrons. The van der Waals surface area contributed by atoms with Gasteiger partial charge in [-0.25, -0.2) is 0 Å². The van der Waals surface area contributed by atoms with Crippen molar-refractivity contribution >= 4 is 5.97 Å². The molecule has 0 bridgehead atoms. The molecule has 0 unspecified atom stereocenters. The fourth-order valence-corrected chi connectivity index (χ4v) is 3.56. The van der Waals surface area contributed by atoms with Crippen molar-refractivity contribution < 1.29 is 24.1 Å². The van der Waals surface area contributed by atoms with Gasteiger partial charge >= 0.3 is 5.97 Å². The first-order valence-electron chi connectivity index (χ1n) is 10.1. The first kappa shape index (κ1) is 22.5. The average Bonchev–Trinajstić information content (AvgIpc) is 2.66. The van der Waals surface area contributed by atoms with Crippen LogP contribution in [0.25, 0.3) is 0 Å². The van der Waals surface area contributed by atoms with Crippen molar-refractivity contribution in [3.8, 4) is 11.5 Å². The van der Waals surface area contributed by atoms with Gasteiger partial charge < -0.3 is 19.3 Å². The maximum Gasteiger partial charge on any atom is 0.310 e. The third-order valence-electron chi connectivity index (χ3n) is 5.02. The number of carbonyl (C=O) groups is 1. The van der Waals surface area contributed by atoms with Crippen molar-refractivity contribution in [3.63, 3.8) is 0 Å². The SMILES string of the molecule is CCOC(=O)[C@@H]1CCCN(C[C@H](O)COc2ccc(OC)cc2C(C)(C)C)C1. The molecule has 1 aliphatic rings. The molecule has 1 aliphatic heterocycles. The number of benzene rings is 1. The molecule has 0 aliphatic carbocycles. The van der Waals surface area contributed by atoms with Crippen LogP contribution in [-0.2, 0) is 14.9 Å². The fraction of sp³-hybridized carbons (Fsp3) is 0.682. The number of hydrogen-bond donors (Lipinski definition) is 1. The van der Waals surface area contributed by atoms with Crippen molar-refractivity contribution in [1.29, 1.82) is 0 Å². The molecule has 1 N–H and O–H groups in total. The molecule has 28 heavy (non-hydrogen) atoms. The van der Waals surface area contributed by atoms with Gasteiger partial charge in [-0.3, -0.25) is 9.69 Å². The summed E-state index contributed by atoms with van der Waals surface area (Å²) in [5, 5.41) is 10.5. The summed E-state index contributed by atoms with van der Waals surface area (Å²) in [6.07, 6.45) is 1.16. The lowest BCUT2D eigenvalue weighted by molar-refractivity contribution is -0.150. The second kappa shape index (κ2) is 10.1. The highest BCUT2D eigenvalue weighted by Gasteiger charge is 2.28. The van der Waals surface area contributed by atoms with Crippen LogP contribution in [0.1, 0.15) is 46.1 Å². The Balaban J connectivity index is 1.92. The maximum atomic E-state index is 12.0. The summed E-state index contributed by atoms with van der Waals surface area (Å²) in [4.78, 5) is 14.1. The molecule has 0 spiro atoms. The lowest BCUT2D eigenvalue weighted by Crippen LogP contribution is -2.44. The minimum Gasteiger partial charge on any atom is -0.497 e. The number of aliphatic hydroxyl groups is 1. The standard InChI is InChI=1S/C22H35NO5/c1-6-27-21(25)16-8-7-11-23(13-16)14-17(24)15-28-20-10-9-18(26-5)12-19(20)22(2,3)4/h9-10,12,16-17,24H,6-8,11,13-15H2,1-5H3/t16-,17+/m1/s1. The summed E-state index contributed by atoms with van der Waals surface area (Å²) >= 11 is 0. The number of aliphatic hydroxyl groups excluding tert-OH is 1. The van der Waals surface area contributed by atoms with Crippen molar-refractivity contribution in [2.24, 2.45) is 5.92 Å². The lowest BCUT2D eigenvalue weighted by Gasteiger charge is -2.32. The molecule has 0 saturated carbocycles. The number of esters is 1. The Bertz CT molecular complexity index is 640. The summed E-state index contributed by atoms with van der Waals surface area (Å²) in [5.74, 6) is 1.31. The van der Waals surface area contributed by atoms with Crippen LogP contribution in [0.3, 0.4) is 0 Å². The third-order valence-corrected chi connectivity index (χ3v) is 5.02. The van der Waals surface area contributed by atoms with E-state index >= 15 is 0 Å². The molecular formula is C22H35NO5. The number of rotatable bonds is 8. The Labute approximate surface area is 168 Å². The van der Waals surface area contributed by atoms with E-state index in [4.69, 9.17) is 14.2 Å². The summed E-state index contributed by atoms with van der Waals surface area (Å²) in [5.41, 5.74) is 0.938. The van der Waals surface area contributed by atoms with E-state index in [9.17, 15) is 9.90 Å². The minimum atomic E-state index is -0.629. The topological polar surface area (TPSA) is 68.2 Å². The molecule has 1 saturated heterocycles. The molecule has 2 atom stereocenters. The zero-order valence-corrected chi connectivity index (χ0v) is 17.9. The minimum absolute atomic E-state index is 0.101. The molecule has 1 aromatic rings. The number of carbonyl (C=O) groups excluding carboxylic acids is 1. The van der Waals surface area contributed by atoms with Crippen LogP contribution in [-0.4, -0.2) is 62.0 Å². The van der Waals surface area contributed by atoms with Crippen molar-refractivity contribution in [2.75, 3.05) is 40.0 Å². The number of likely N-dealkylation sites (tertiary alicyclic amines) is 1. The van der Waals surface area contributed by atoms with Gasteiger partial charge in [-0.2, -0.15) is 0 Å². The van der Waals surface area contributed by atoms with Gasteiger partial charge in [0.05, 0.1) is 19.6 Å². The highest BCUT2D eigenvalue weighted by atomic mass is 16.5. The molecule has 1 fully saturated rings. The molecule has 2 rings (SSSR count). The molecule has 1 aromatic carbocycles. The number of ether oxygens (including phenoxy) is 3. The van der Waals surface area contributed by atoms with Crippen LogP contribution in [0.4, 0.5) is 0 Å². The van der Waals surface area contributed by atoms with Gasteiger partial charge in [-0.1, -0.05) is 20.8 Å². The highest BCUT2D eigenvalue weighted by molar-refractivity contribution is 5.72. The van der Waals surface area contributed by atoms with Crippen LogP contribution >= 0.6 is 0 Å². The second-order valence-electron chi connectivity index (χ2n) is 8.43. The Hall–Kier alpha value is -1.79. The van der Waals surface area contributed by atoms with E-state index in [0.717, 1.165) is 36.4 Å². The number of nitrogens with zero attached hydrogens (tertiary/aromatic N) is 1. The zero-order valence-electron chi connectivity index (χ0n) is 17.9. The predicted molar refractivity (Wildman–Crippen MR) is 109 cm³/mol. The maximum absolute atomic E-state index is 12.0. The van der Waals surface area contributed by atoms with Crippen molar-refractivity contribution in [1.82, 2.24) is 4.90 Å². The number of hydrogen-bond acceptors (Lipinski definition) is 6. The molecular weight excluding hydrogens is 358 g/mol. The molecule has 0 amide bonds. The second-order valence-corrected chi connectivity index (χ2v) is 8.43. The summed E-state index contributed by atoms with van der Waals surface area (Å²) in [6.45, 7) is 10.8. The molecule has 6 heteroatoms. The summed E-state index contributed by atoms with van der Waals surface area (Å²) in [6, 6.07) is 5.74. The van der Waals surface area contributed by atoms with E-state index in [-0.39, 0.29) is 23.9 Å². The third kappa shape index (κ3) is 6.38. The number of methoxy groups -OCH3 is 1. The van der Waals surface area contributed by atoms with Crippen LogP contribution in [0.5, 0.6) is 11.5 Å². The van der Waals surface area contributed by atoms with E-state index in [0.29, 0.717) is 19.7 Å². The van der Waals surface area contributed by atoms with Crippen LogP contribution in [0, 0.1) is 5.92 Å². The molecule has 1 heterocycles. The zero-order chi connectivity index (χ0) is 20.7. The van der Waals surface area contributed by atoms with Gasteiger partial charge in [-0.15, -0.1) is 0 Å². The fourth-order valence-electron chi connectivity index (χ4n) is 3.56. The van der Waals surface area contributed by atoms with Crippen molar-refractivity contribution in [2.45, 2.75) is 52.1 Å². The van der Waals surface area contributed by atoms with E-state index in [2.05, 4.69) is 25.7 Å². The first-order valence-corrected chi connectivity index (χ1v) is 10.1. The van der Waals surface area contributed by atoms with E-state index in [1.165, 1.54) is 0 Å². The van der Waals surface area contributed by atoms with Crippen LogP contribution in [0.2, 0.25) is 0 Å². The lowest BCUT2D eigenvalue weighted by atomic mass is 9.86. The monoisotopic (exact) mass is 393 g/mol. The largest absolute Gasteiger partial charge is 0.497 e. The van der Waals surface area contributed by atoms with E-state index in [1.807, 2.05) is 25.1 Å². The Morgan fingerprint density at radius 3 is 2.75 bits per heavy atom. The van der Waals surface area contributed by atoms with Gasteiger partial charge in [0.15, 0.2) is 0 Å². The molecule has 0 aromatic heterocycles. The van der Waals surface area contributed by atoms with E-state index in [1.54, 1.807) is 7.11 Å². The summed E-state index contributed by atoms with van der Waals surface area (Å²) < 4.78 is 16.4. The van der Waals surface area contributed by atoms with Crippen LogP contribution in [0.15, 0.2) is 18.2 Å². The van der Waals surface area contributed by atoms with Gasteiger partial charge in [0.25, 0.3) is 0 Å². The van der Waals surface area contributed by atoms with Gasteiger partial charge in [0.2, 0.25) is 0 Å². The van der Waals surface area contributed by atoms with Gasteiger partial charge in [-0.05, 0) is 49.9 Å². The molecule has 6 nitrogen and oxygen atoms in total. The summed E-state index contributed by atoms with van der Waals surface area (Å²) in [7, 11) is 1.65. The predicted octanol–water partition coefficient (Wildman–Crippen LogP) is 3.01. The van der Waals surface area contributed by atoms with Gasteiger partial charge in [0.1, 0.15) is 24.2 Å². The Kier molecular flexibility index (Phi) is 8.13. The smallest absolute Gasteiger partial charge is 0.310 e.